The van der Waals surface area contributed by atoms with Crippen molar-refractivity contribution in [3.8, 4) is 6.07 Å². The predicted octanol–water partition coefficient (Wildman–Crippen LogP) is 4.13. The Hall–Kier alpha value is -3.07. The summed E-state index contributed by atoms with van der Waals surface area (Å²) in [5.41, 5.74) is 3.04. The van der Waals surface area contributed by atoms with Gasteiger partial charge in [0.1, 0.15) is 11.9 Å². The van der Waals surface area contributed by atoms with Crippen LogP contribution in [0.3, 0.4) is 0 Å². The number of nitrogens with one attached hydrogen (secondary N) is 1. The van der Waals surface area contributed by atoms with Crippen LogP contribution in [0.15, 0.2) is 42.6 Å². The Morgan fingerprint density at radius 3 is 2.47 bits per heavy atom. The Morgan fingerprint density at radius 2 is 1.87 bits per heavy atom. The number of hydrogen-bond donors (Lipinski definition) is 1. The van der Waals surface area contributed by atoms with Gasteiger partial charge in [0.25, 0.3) is 0 Å². The molecule has 30 heavy (non-hydrogen) atoms. The molecule has 1 atom stereocenters. The number of urea groups is 1. The largest absolute Gasteiger partial charge is 0.352 e. The van der Waals surface area contributed by atoms with Gasteiger partial charge >= 0.3 is 6.03 Å². The van der Waals surface area contributed by atoms with E-state index in [2.05, 4.69) is 66.3 Å². The summed E-state index contributed by atoms with van der Waals surface area (Å²) >= 11 is 0. The molecule has 1 aromatic carbocycles. The number of carbonyl (C=O) groups excluding carboxylic acids is 1. The van der Waals surface area contributed by atoms with Gasteiger partial charge < -0.3 is 15.1 Å². The zero-order valence-corrected chi connectivity index (χ0v) is 18.1. The number of piperazine rings is 1. The smallest absolute Gasteiger partial charge is 0.318 e. The maximum atomic E-state index is 13.0. The molecule has 0 spiro atoms. The normalized spacial score (nSPS) is 15.0. The maximum absolute atomic E-state index is 13.0. The van der Waals surface area contributed by atoms with E-state index in [9.17, 15) is 10.1 Å². The van der Waals surface area contributed by atoms with Crippen LogP contribution < -0.4 is 10.2 Å². The van der Waals surface area contributed by atoms with Crippen LogP contribution in [0, 0.1) is 17.2 Å². The molecule has 1 unspecified atom stereocenters. The van der Waals surface area contributed by atoms with Crippen molar-refractivity contribution in [2.45, 2.75) is 39.7 Å². The first-order valence-corrected chi connectivity index (χ1v) is 10.8. The molecule has 1 saturated heterocycles. The van der Waals surface area contributed by atoms with Crippen molar-refractivity contribution in [2.24, 2.45) is 5.92 Å². The lowest BCUT2D eigenvalue weighted by Crippen LogP contribution is -2.53. The van der Waals surface area contributed by atoms with Crippen molar-refractivity contribution in [1.29, 1.82) is 5.26 Å². The van der Waals surface area contributed by atoms with Gasteiger partial charge in [0.2, 0.25) is 0 Å². The van der Waals surface area contributed by atoms with E-state index in [1.54, 1.807) is 18.3 Å². The third-order valence-electron chi connectivity index (χ3n) is 5.60. The zero-order chi connectivity index (χ0) is 21.5. The minimum atomic E-state index is -0.0347. The van der Waals surface area contributed by atoms with Gasteiger partial charge in [-0.05, 0) is 35.6 Å². The van der Waals surface area contributed by atoms with Crippen LogP contribution in [-0.2, 0) is 6.42 Å². The molecular formula is C24H31N5O. The molecule has 3 rings (SSSR count). The third-order valence-corrected chi connectivity index (χ3v) is 5.60. The molecule has 1 aromatic heterocycles. The Labute approximate surface area is 179 Å². The van der Waals surface area contributed by atoms with E-state index in [-0.39, 0.29) is 12.1 Å². The molecule has 0 aliphatic carbocycles. The number of benzene rings is 1. The van der Waals surface area contributed by atoms with E-state index >= 15 is 0 Å². The molecule has 1 aliphatic heterocycles. The fraction of sp³-hybridized carbons (Fsp3) is 0.458. The highest BCUT2D eigenvalue weighted by Crippen LogP contribution is 2.23. The van der Waals surface area contributed by atoms with Gasteiger partial charge in [-0.25, -0.2) is 9.78 Å². The van der Waals surface area contributed by atoms with Crippen molar-refractivity contribution in [3.63, 3.8) is 0 Å². The Balaban J connectivity index is 1.61. The standard InChI is InChI=1S/C24H31N5O/c1-4-6-19-8-10-20(11-9-19)22(18(2)3)27-24(30)29-15-13-28(14-16-29)23-21(17-25)7-5-12-26-23/h5,7-12,18,22H,4,6,13-16H2,1-3H3,(H,27,30). The summed E-state index contributed by atoms with van der Waals surface area (Å²) in [5, 5.41) is 12.5. The minimum Gasteiger partial charge on any atom is -0.352 e. The summed E-state index contributed by atoms with van der Waals surface area (Å²) in [6.07, 6.45) is 3.91. The Bertz CT molecular complexity index is 879. The Kier molecular flexibility index (Phi) is 7.29. The van der Waals surface area contributed by atoms with Gasteiger partial charge in [0.15, 0.2) is 0 Å². The highest BCUT2D eigenvalue weighted by Gasteiger charge is 2.26. The fourth-order valence-electron chi connectivity index (χ4n) is 3.90. The number of aromatic nitrogens is 1. The van der Waals surface area contributed by atoms with Crippen LogP contribution in [0.4, 0.5) is 10.6 Å². The maximum Gasteiger partial charge on any atom is 0.318 e. The number of pyridine rings is 1. The second-order valence-electron chi connectivity index (χ2n) is 8.12. The lowest BCUT2D eigenvalue weighted by molar-refractivity contribution is 0.186. The van der Waals surface area contributed by atoms with Gasteiger partial charge in [0, 0.05) is 32.4 Å². The summed E-state index contributed by atoms with van der Waals surface area (Å²) in [4.78, 5) is 21.2. The first-order chi connectivity index (χ1) is 14.5. The quantitative estimate of drug-likeness (QED) is 0.784. The van der Waals surface area contributed by atoms with Crippen molar-refractivity contribution in [2.75, 3.05) is 31.1 Å². The molecule has 0 bridgehead atoms. The van der Waals surface area contributed by atoms with Crippen LogP contribution in [0.1, 0.15) is 49.9 Å². The van der Waals surface area contributed by atoms with Gasteiger partial charge in [-0.1, -0.05) is 51.5 Å². The number of aryl methyl sites for hydroxylation is 1. The summed E-state index contributed by atoms with van der Waals surface area (Å²) < 4.78 is 0. The van der Waals surface area contributed by atoms with Crippen LogP contribution in [0.5, 0.6) is 0 Å². The van der Waals surface area contributed by atoms with E-state index in [0.29, 0.717) is 43.5 Å². The first-order valence-electron chi connectivity index (χ1n) is 10.8. The average molecular weight is 406 g/mol. The van der Waals surface area contributed by atoms with Gasteiger partial charge in [-0.2, -0.15) is 5.26 Å². The second kappa shape index (κ2) is 10.1. The molecule has 1 aliphatic rings. The number of hydrogen-bond acceptors (Lipinski definition) is 4. The summed E-state index contributed by atoms with van der Waals surface area (Å²) in [6.45, 7) is 8.98. The van der Waals surface area contributed by atoms with E-state index in [1.807, 2.05) is 4.90 Å². The third kappa shape index (κ3) is 5.10. The molecular weight excluding hydrogens is 374 g/mol. The molecule has 2 aromatic rings. The summed E-state index contributed by atoms with van der Waals surface area (Å²) in [6, 6.07) is 14.3. The van der Waals surface area contributed by atoms with Crippen LogP contribution in [-0.4, -0.2) is 42.1 Å². The van der Waals surface area contributed by atoms with Gasteiger partial charge in [-0.15, -0.1) is 0 Å². The molecule has 2 amide bonds. The van der Waals surface area contributed by atoms with E-state index in [1.165, 1.54) is 5.56 Å². The highest BCUT2D eigenvalue weighted by molar-refractivity contribution is 5.75. The number of anilines is 1. The number of rotatable bonds is 6. The Morgan fingerprint density at radius 1 is 1.17 bits per heavy atom. The molecule has 1 N–H and O–H groups in total. The topological polar surface area (TPSA) is 72.3 Å². The monoisotopic (exact) mass is 405 g/mol. The molecule has 1 fully saturated rings. The lowest BCUT2D eigenvalue weighted by atomic mass is 9.94. The summed E-state index contributed by atoms with van der Waals surface area (Å²) in [7, 11) is 0. The average Bonchev–Trinajstić information content (AvgIpc) is 2.78. The van der Waals surface area contributed by atoms with Crippen LogP contribution in [0.2, 0.25) is 0 Å². The van der Waals surface area contributed by atoms with Crippen molar-refractivity contribution < 1.29 is 4.79 Å². The van der Waals surface area contributed by atoms with Gasteiger partial charge in [0.05, 0.1) is 11.6 Å². The highest BCUT2D eigenvalue weighted by atomic mass is 16.2. The molecule has 2 heterocycles. The SMILES string of the molecule is CCCc1ccc(C(NC(=O)N2CCN(c3ncccc3C#N)CC2)C(C)C)cc1. The second-order valence-corrected chi connectivity index (χ2v) is 8.12. The minimum absolute atomic E-state index is 0.0211. The first kappa shape index (κ1) is 21.6. The fourth-order valence-corrected chi connectivity index (χ4v) is 3.90. The number of nitriles is 1. The van der Waals surface area contributed by atoms with E-state index in [0.717, 1.165) is 18.4 Å². The molecule has 6 heteroatoms. The molecule has 158 valence electrons. The molecule has 6 nitrogen and oxygen atoms in total. The number of nitrogens with zero attached hydrogens (tertiary/aromatic N) is 4. The lowest BCUT2D eigenvalue weighted by Gasteiger charge is -2.36. The van der Waals surface area contributed by atoms with Crippen LogP contribution in [0.25, 0.3) is 0 Å². The van der Waals surface area contributed by atoms with E-state index in [4.69, 9.17) is 0 Å². The predicted molar refractivity (Wildman–Crippen MR) is 119 cm³/mol. The van der Waals surface area contributed by atoms with Crippen molar-refractivity contribution in [3.05, 3.63) is 59.3 Å². The van der Waals surface area contributed by atoms with E-state index < -0.39 is 0 Å². The van der Waals surface area contributed by atoms with Gasteiger partial charge in [-0.3, -0.25) is 0 Å². The number of carbonyl (C=O) groups is 1. The number of amides is 2. The van der Waals surface area contributed by atoms with Crippen molar-refractivity contribution in [1.82, 2.24) is 15.2 Å². The van der Waals surface area contributed by atoms with Crippen LogP contribution >= 0.6 is 0 Å². The summed E-state index contributed by atoms with van der Waals surface area (Å²) in [5.74, 6) is 0.992. The molecule has 0 radical (unpaired) electrons. The molecule has 0 saturated carbocycles. The zero-order valence-electron chi connectivity index (χ0n) is 18.1. The van der Waals surface area contributed by atoms with Crippen molar-refractivity contribution >= 4 is 11.8 Å².